The molecular weight excluding hydrogens is 249 g/mol. The molecule has 0 radical (unpaired) electrons. The van der Waals surface area contributed by atoms with Crippen LogP contribution in [0.3, 0.4) is 0 Å². The van der Waals surface area contributed by atoms with Gasteiger partial charge in [0, 0.05) is 20.2 Å². The van der Waals surface area contributed by atoms with Crippen molar-refractivity contribution >= 4 is 0 Å². The minimum atomic E-state index is -0.979. The largest absolute Gasteiger partial charge is 0.488 e. The Hall–Kier alpha value is -1.17. The van der Waals surface area contributed by atoms with Gasteiger partial charge in [0.05, 0.1) is 12.2 Å². The summed E-state index contributed by atoms with van der Waals surface area (Å²) in [6, 6.07) is 4.80. The second kappa shape index (κ2) is 7.43. The van der Waals surface area contributed by atoms with Crippen LogP contribution < -0.4 is 10.1 Å². The van der Waals surface area contributed by atoms with Crippen LogP contribution in [-0.4, -0.2) is 37.6 Å². The van der Waals surface area contributed by atoms with E-state index in [2.05, 4.69) is 5.32 Å². The van der Waals surface area contributed by atoms with Crippen LogP contribution >= 0.6 is 0 Å². The fourth-order valence-electron chi connectivity index (χ4n) is 1.43. The van der Waals surface area contributed by atoms with E-state index in [1.54, 1.807) is 33.1 Å². The molecule has 1 aromatic rings. The Kier molecular flexibility index (Phi) is 6.21. The molecule has 5 heteroatoms. The molecule has 0 aliphatic heterocycles. The van der Waals surface area contributed by atoms with Gasteiger partial charge >= 0.3 is 0 Å². The van der Waals surface area contributed by atoms with Gasteiger partial charge in [0.1, 0.15) is 6.61 Å². The third kappa shape index (κ3) is 6.52. The molecular formula is C14H22FNO3. The Bertz CT molecular complexity index is 391. The summed E-state index contributed by atoms with van der Waals surface area (Å²) in [5, 5.41) is 12.7. The van der Waals surface area contributed by atoms with Gasteiger partial charge in [-0.1, -0.05) is 6.07 Å². The molecule has 0 amide bonds. The van der Waals surface area contributed by atoms with E-state index in [4.69, 9.17) is 9.47 Å². The second-order valence-corrected chi connectivity index (χ2v) is 5.04. The van der Waals surface area contributed by atoms with Crippen molar-refractivity contribution < 1.29 is 19.0 Å². The van der Waals surface area contributed by atoms with E-state index >= 15 is 0 Å². The third-order valence-corrected chi connectivity index (χ3v) is 2.39. The number of nitrogens with one attached hydrogen (secondary N) is 1. The first-order valence-electron chi connectivity index (χ1n) is 6.25. The standard InChI is InChI=1S/C14H22FNO3/c1-14(2,17)10-19-13-5-4-11(8-12(13)15)9-16-6-7-18-3/h4-5,8,16-17H,6-7,9-10H2,1-3H3. The monoisotopic (exact) mass is 271 g/mol. The van der Waals surface area contributed by atoms with Crippen molar-refractivity contribution in [2.45, 2.75) is 26.0 Å². The van der Waals surface area contributed by atoms with Crippen LogP contribution in [0.15, 0.2) is 18.2 Å². The van der Waals surface area contributed by atoms with Crippen molar-refractivity contribution in [1.82, 2.24) is 5.32 Å². The van der Waals surface area contributed by atoms with Gasteiger partial charge in [0.15, 0.2) is 11.6 Å². The van der Waals surface area contributed by atoms with Crippen molar-refractivity contribution in [3.05, 3.63) is 29.6 Å². The zero-order valence-electron chi connectivity index (χ0n) is 11.7. The molecule has 0 saturated heterocycles. The lowest BCUT2D eigenvalue weighted by atomic mass is 10.1. The lowest BCUT2D eigenvalue weighted by molar-refractivity contribution is 0.0271. The van der Waals surface area contributed by atoms with Gasteiger partial charge in [-0.05, 0) is 31.5 Å². The molecule has 0 spiro atoms. The summed E-state index contributed by atoms with van der Waals surface area (Å²) in [5.41, 5.74) is -0.142. The zero-order chi connectivity index (χ0) is 14.3. The Morgan fingerprint density at radius 3 is 2.68 bits per heavy atom. The van der Waals surface area contributed by atoms with Gasteiger partial charge in [-0.2, -0.15) is 0 Å². The highest BCUT2D eigenvalue weighted by molar-refractivity contribution is 5.29. The number of methoxy groups -OCH3 is 1. The predicted molar refractivity (Wildman–Crippen MR) is 71.8 cm³/mol. The SMILES string of the molecule is COCCNCc1ccc(OCC(C)(C)O)c(F)c1. The van der Waals surface area contributed by atoms with E-state index in [-0.39, 0.29) is 12.4 Å². The van der Waals surface area contributed by atoms with Crippen LogP contribution in [0.1, 0.15) is 19.4 Å². The normalized spacial score (nSPS) is 11.6. The molecule has 0 unspecified atom stereocenters. The van der Waals surface area contributed by atoms with Gasteiger partial charge < -0.3 is 19.9 Å². The average Bonchev–Trinajstić information content (AvgIpc) is 2.32. The highest BCUT2D eigenvalue weighted by Gasteiger charge is 2.15. The van der Waals surface area contributed by atoms with Crippen LogP contribution in [-0.2, 0) is 11.3 Å². The minimum absolute atomic E-state index is 0.0509. The Balaban J connectivity index is 2.49. The number of benzene rings is 1. The van der Waals surface area contributed by atoms with E-state index < -0.39 is 11.4 Å². The smallest absolute Gasteiger partial charge is 0.165 e. The van der Waals surface area contributed by atoms with E-state index in [1.165, 1.54) is 6.07 Å². The fraction of sp³-hybridized carbons (Fsp3) is 0.571. The molecule has 4 nitrogen and oxygen atoms in total. The first-order chi connectivity index (χ1) is 8.92. The van der Waals surface area contributed by atoms with Crippen molar-refractivity contribution in [1.29, 1.82) is 0 Å². The van der Waals surface area contributed by atoms with Crippen LogP contribution in [0, 0.1) is 5.82 Å². The van der Waals surface area contributed by atoms with Crippen LogP contribution in [0.5, 0.6) is 5.75 Å². The minimum Gasteiger partial charge on any atom is -0.488 e. The lowest BCUT2D eigenvalue weighted by Crippen LogP contribution is -2.28. The maximum absolute atomic E-state index is 13.7. The predicted octanol–water partition coefficient (Wildman–Crippen LogP) is 1.71. The average molecular weight is 271 g/mol. The van der Waals surface area contributed by atoms with Gasteiger partial charge in [-0.3, -0.25) is 0 Å². The molecule has 0 aromatic heterocycles. The first-order valence-corrected chi connectivity index (χ1v) is 6.25. The molecule has 0 saturated carbocycles. The molecule has 0 aliphatic carbocycles. The molecule has 1 rings (SSSR count). The molecule has 0 atom stereocenters. The topological polar surface area (TPSA) is 50.7 Å². The van der Waals surface area contributed by atoms with E-state index in [0.29, 0.717) is 13.2 Å². The van der Waals surface area contributed by atoms with Crippen LogP contribution in [0.4, 0.5) is 4.39 Å². The van der Waals surface area contributed by atoms with E-state index in [1.807, 2.05) is 0 Å². The van der Waals surface area contributed by atoms with Crippen LogP contribution in [0.2, 0.25) is 0 Å². The zero-order valence-corrected chi connectivity index (χ0v) is 11.7. The summed E-state index contributed by atoms with van der Waals surface area (Å²) >= 11 is 0. The highest BCUT2D eigenvalue weighted by atomic mass is 19.1. The van der Waals surface area contributed by atoms with Crippen molar-refractivity contribution in [2.24, 2.45) is 0 Å². The molecule has 1 aromatic carbocycles. The number of hydrogen-bond donors (Lipinski definition) is 2. The number of halogens is 1. The summed E-state index contributed by atoms with van der Waals surface area (Å²) < 4.78 is 23.9. The first kappa shape index (κ1) is 15.9. The van der Waals surface area contributed by atoms with Gasteiger partial charge in [-0.15, -0.1) is 0 Å². The second-order valence-electron chi connectivity index (χ2n) is 5.04. The Morgan fingerprint density at radius 1 is 1.37 bits per heavy atom. The quantitative estimate of drug-likeness (QED) is 0.707. The summed E-state index contributed by atoms with van der Waals surface area (Å²) in [6.07, 6.45) is 0. The lowest BCUT2D eigenvalue weighted by Gasteiger charge is -2.18. The van der Waals surface area contributed by atoms with Crippen LogP contribution in [0.25, 0.3) is 0 Å². The molecule has 0 heterocycles. The van der Waals surface area contributed by atoms with Gasteiger partial charge in [0.2, 0.25) is 0 Å². The van der Waals surface area contributed by atoms with Gasteiger partial charge in [-0.25, -0.2) is 4.39 Å². The van der Waals surface area contributed by atoms with E-state index in [9.17, 15) is 9.50 Å². The summed E-state index contributed by atoms with van der Waals surface area (Å²) in [6.45, 7) is 5.18. The summed E-state index contributed by atoms with van der Waals surface area (Å²) in [5.74, 6) is -0.266. The molecule has 19 heavy (non-hydrogen) atoms. The highest BCUT2D eigenvalue weighted by Crippen LogP contribution is 2.19. The number of ether oxygens (including phenoxy) is 2. The summed E-state index contributed by atoms with van der Waals surface area (Å²) in [4.78, 5) is 0. The third-order valence-electron chi connectivity index (χ3n) is 2.39. The van der Waals surface area contributed by atoms with Crippen molar-refractivity contribution in [2.75, 3.05) is 26.9 Å². The molecule has 108 valence electrons. The maximum Gasteiger partial charge on any atom is 0.165 e. The number of rotatable bonds is 8. The van der Waals surface area contributed by atoms with Crippen molar-refractivity contribution in [3.63, 3.8) is 0 Å². The van der Waals surface area contributed by atoms with Crippen molar-refractivity contribution in [3.8, 4) is 5.75 Å². The summed E-state index contributed by atoms with van der Waals surface area (Å²) in [7, 11) is 1.64. The molecule has 0 bridgehead atoms. The van der Waals surface area contributed by atoms with E-state index in [0.717, 1.165) is 12.1 Å². The molecule has 0 aliphatic rings. The molecule has 2 N–H and O–H groups in total. The number of aliphatic hydroxyl groups is 1. The fourth-order valence-corrected chi connectivity index (χ4v) is 1.43. The van der Waals surface area contributed by atoms with Gasteiger partial charge in [0.25, 0.3) is 0 Å². The number of hydrogen-bond acceptors (Lipinski definition) is 4. The Morgan fingerprint density at radius 2 is 2.11 bits per heavy atom. The molecule has 0 fully saturated rings. The Labute approximate surface area is 113 Å². The maximum atomic E-state index is 13.7.